The van der Waals surface area contributed by atoms with Gasteiger partial charge >= 0.3 is 0 Å². The Balaban J connectivity index is 2.21. The third-order valence-corrected chi connectivity index (χ3v) is 3.52. The standard InChI is InChI=1S/C15H20Cl2N2O/c1-11(2)10-20-9-8-19-14(6-7-16)18-13-5-3-4-12(17)15(13)19/h3-5,11H,6-10H2,1-2H3. The number of nitrogens with zero attached hydrogens (tertiary/aromatic N) is 2. The van der Waals surface area contributed by atoms with Gasteiger partial charge in [-0.3, -0.25) is 0 Å². The summed E-state index contributed by atoms with van der Waals surface area (Å²) in [6.07, 6.45) is 0.733. The van der Waals surface area contributed by atoms with Gasteiger partial charge in [-0.15, -0.1) is 11.6 Å². The molecule has 1 aromatic carbocycles. The van der Waals surface area contributed by atoms with E-state index in [1.165, 1.54) is 0 Å². The molecule has 0 aliphatic carbocycles. The Hall–Kier alpha value is -0.770. The summed E-state index contributed by atoms with van der Waals surface area (Å²) in [5, 5.41) is 0.722. The highest BCUT2D eigenvalue weighted by Gasteiger charge is 2.12. The van der Waals surface area contributed by atoms with Crippen molar-refractivity contribution in [2.75, 3.05) is 19.1 Å². The molecule has 0 spiro atoms. The van der Waals surface area contributed by atoms with E-state index in [1.54, 1.807) is 0 Å². The van der Waals surface area contributed by atoms with E-state index in [0.29, 0.717) is 18.4 Å². The lowest BCUT2D eigenvalue weighted by Crippen LogP contribution is -2.12. The van der Waals surface area contributed by atoms with E-state index in [0.717, 1.165) is 41.5 Å². The van der Waals surface area contributed by atoms with Crippen LogP contribution >= 0.6 is 23.2 Å². The van der Waals surface area contributed by atoms with Crippen molar-refractivity contribution in [2.24, 2.45) is 5.92 Å². The zero-order chi connectivity index (χ0) is 14.5. The summed E-state index contributed by atoms with van der Waals surface area (Å²) in [6, 6.07) is 5.79. The third kappa shape index (κ3) is 3.66. The van der Waals surface area contributed by atoms with Gasteiger partial charge in [0, 0.05) is 25.5 Å². The Bertz CT molecular complexity index is 566. The molecule has 2 aromatic rings. The second-order valence-corrected chi connectivity index (χ2v) is 5.98. The summed E-state index contributed by atoms with van der Waals surface area (Å²) >= 11 is 12.2. The smallest absolute Gasteiger partial charge is 0.111 e. The predicted molar refractivity (Wildman–Crippen MR) is 84.8 cm³/mol. The van der Waals surface area contributed by atoms with Crippen LogP contribution in [-0.4, -0.2) is 28.6 Å². The number of rotatable bonds is 7. The van der Waals surface area contributed by atoms with Crippen LogP contribution in [0.2, 0.25) is 5.02 Å². The number of fused-ring (bicyclic) bond motifs is 1. The van der Waals surface area contributed by atoms with Crippen molar-refractivity contribution in [3.8, 4) is 0 Å². The second-order valence-electron chi connectivity index (χ2n) is 5.19. The Labute approximate surface area is 129 Å². The highest BCUT2D eigenvalue weighted by molar-refractivity contribution is 6.35. The summed E-state index contributed by atoms with van der Waals surface area (Å²) in [4.78, 5) is 4.62. The molecule has 0 saturated heterocycles. The normalized spacial score (nSPS) is 11.7. The number of aryl methyl sites for hydroxylation is 1. The van der Waals surface area contributed by atoms with Gasteiger partial charge in [-0.05, 0) is 18.1 Å². The van der Waals surface area contributed by atoms with Gasteiger partial charge in [0.1, 0.15) is 5.82 Å². The number of para-hydroxylation sites is 1. The number of benzene rings is 1. The van der Waals surface area contributed by atoms with Crippen LogP contribution in [0.4, 0.5) is 0 Å². The molecule has 3 nitrogen and oxygen atoms in total. The molecule has 0 N–H and O–H groups in total. The van der Waals surface area contributed by atoms with E-state index in [4.69, 9.17) is 27.9 Å². The van der Waals surface area contributed by atoms with Gasteiger partial charge < -0.3 is 9.30 Å². The summed E-state index contributed by atoms with van der Waals surface area (Å²) in [5.41, 5.74) is 1.89. The molecule has 0 atom stereocenters. The van der Waals surface area contributed by atoms with Crippen molar-refractivity contribution in [1.82, 2.24) is 9.55 Å². The fraction of sp³-hybridized carbons (Fsp3) is 0.533. The van der Waals surface area contributed by atoms with Crippen LogP contribution < -0.4 is 0 Å². The number of imidazole rings is 1. The fourth-order valence-corrected chi connectivity index (χ4v) is 2.62. The topological polar surface area (TPSA) is 27.1 Å². The molecular formula is C15H20Cl2N2O. The Morgan fingerprint density at radius 3 is 2.85 bits per heavy atom. The van der Waals surface area contributed by atoms with Gasteiger partial charge in [-0.1, -0.05) is 31.5 Å². The first-order valence-electron chi connectivity index (χ1n) is 6.90. The third-order valence-electron chi connectivity index (χ3n) is 3.02. The van der Waals surface area contributed by atoms with Crippen molar-refractivity contribution < 1.29 is 4.74 Å². The minimum absolute atomic E-state index is 0.542. The van der Waals surface area contributed by atoms with E-state index in [1.807, 2.05) is 18.2 Å². The van der Waals surface area contributed by atoms with E-state index in [2.05, 4.69) is 23.4 Å². The quantitative estimate of drug-likeness (QED) is 0.567. The minimum atomic E-state index is 0.542. The molecule has 2 rings (SSSR count). The Kier molecular flexibility index (Phi) is 5.70. The molecule has 0 bridgehead atoms. The summed E-state index contributed by atoms with van der Waals surface area (Å²) < 4.78 is 7.79. The molecule has 0 unspecified atom stereocenters. The van der Waals surface area contributed by atoms with Crippen molar-refractivity contribution in [1.29, 1.82) is 0 Å². The molecule has 0 fully saturated rings. The van der Waals surface area contributed by atoms with Crippen LogP contribution in [0.5, 0.6) is 0 Å². The van der Waals surface area contributed by atoms with Crippen LogP contribution in [0, 0.1) is 5.92 Å². The van der Waals surface area contributed by atoms with E-state index in [9.17, 15) is 0 Å². The first-order valence-corrected chi connectivity index (χ1v) is 7.82. The largest absolute Gasteiger partial charge is 0.379 e. The lowest BCUT2D eigenvalue weighted by molar-refractivity contribution is 0.103. The SMILES string of the molecule is CC(C)COCCn1c(CCCl)nc2cccc(Cl)c21. The maximum atomic E-state index is 6.30. The van der Waals surface area contributed by atoms with E-state index in [-0.39, 0.29) is 0 Å². The van der Waals surface area contributed by atoms with Gasteiger partial charge in [-0.25, -0.2) is 4.98 Å². The molecule has 0 saturated carbocycles. The lowest BCUT2D eigenvalue weighted by atomic mass is 10.2. The summed E-state index contributed by atoms with van der Waals surface area (Å²) in [6.45, 7) is 6.46. The zero-order valence-electron chi connectivity index (χ0n) is 11.9. The fourth-order valence-electron chi connectivity index (χ4n) is 2.18. The highest BCUT2D eigenvalue weighted by Crippen LogP contribution is 2.25. The summed E-state index contributed by atoms with van der Waals surface area (Å²) in [7, 11) is 0. The maximum absolute atomic E-state index is 6.30. The first kappa shape index (κ1) is 15.6. The number of aromatic nitrogens is 2. The van der Waals surface area contributed by atoms with Crippen LogP contribution in [-0.2, 0) is 17.7 Å². The van der Waals surface area contributed by atoms with Gasteiger partial charge in [-0.2, -0.15) is 0 Å². The maximum Gasteiger partial charge on any atom is 0.111 e. The van der Waals surface area contributed by atoms with Crippen molar-refractivity contribution >= 4 is 34.2 Å². The Morgan fingerprint density at radius 2 is 2.15 bits per heavy atom. The number of alkyl halides is 1. The molecule has 0 aliphatic rings. The zero-order valence-corrected chi connectivity index (χ0v) is 13.4. The number of hydrogen-bond donors (Lipinski definition) is 0. The van der Waals surface area contributed by atoms with Gasteiger partial charge in [0.2, 0.25) is 0 Å². The molecule has 1 aromatic heterocycles. The summed E-state index contributed by atoms with van der Waals surface area (Å²) in [5.74, 6) is 2.06. The Morgan fingerprint density at radius 1 is 1.35 bits per heavy atom. The molecular weight excluding hydrogens is 295 g/mol. The lowest BCUT2D eigenvalue weighted by Gasteiger charge is -2.11. The van der Waals surface area contributed by atoms with Crippen LogP contribution in [0.15, 0.2) is 18.2 Å². The van der Waals surface area contributed by atoms with E-state index < -0.39 is 0 Å². The van der Waals surface area contributed by atoms with Crippen molar-refractivity contribution in [2.45, 2.75) is 26.8 Å². The molecule has 1 heterocycles. The number of ether oxygens (including phenoxy) is 1. The predicted octanol–water partition coefficient (Wildman–Crippen LogP) is 4.14. The van der Waals surface area contributed by atoms with Crippen molar-refractivity contribution in [3.63, 3.8) is 0 Å². The average Bonchev–Trinajstić information content (AvgIpc) is 2.74. The molecule has 20 heavy (non-hydrogen) atoms. The molecule has 0 radical (unpaired) electrons. The van der Waals surface area contributed by atoms with E-state index >= 15 is 0 Å². The number of hydrogen-bond acceptors (Lipinski definition) is 2. The second kappa shape index (κ2) is 7.30. The first-order chi connectivity index (χ1) is 9.63. The molecule has 5 heteroatoms. The minimum Gasteiger partial charge on any atom is -0.379 e. The molecule has 110 valence electrons. The molecule has 0 aliphatic heterocycles. The van der Waals surface area contributed by atoms with Gasteiger partial charge in [0.15, 0.2) is 0 Å². The van der Waals surface area contributed by atoms with Gasteiger partial charge in [0.05, 0.1) is 22.7 Å². The average molecular weight is 315 g/mol. The van der Waals surface area contributed by atoms with Gasteiger partial charge in [0.25, 0.3) is 0 Å². The van der Waals surface area contributed by atoms with Crippen molar-refractivity contribution in [3.05, 3.63) is 29.0 Å². The highest BCUT2D eigenvalue weighted by atomic mass is 35.5. The number of halogens is 2. The van der Waals surface area contributed by atoms with Crippen LogP contribution in [0.1, 0.15) is 19.7 Å². The monoisotopic (exact) mass is 314 g/mol. The van der Waals surface area contributed by atoms with Crippen LogP contribution in [0.3, 0.4) is 0 Å². The molecule has 0 amide bonds. The van der Waals surface area contributed by atoms with Crippen LogP contribution in [0.25, 0.3) is 11.0 Å².